The predicted octanol–water partition coefficient (Wildman–Crippen LogP) is 0.957. The largest absolute Gasteiger partial charge is 0.477 e. The van der Waals surface area contributed by atoms with Gasteiger partial charge in [-0.05, 0) is 25.0 Å². The smallest absolute Gasteiger partial charge is 0.352 e. The summed E-state index contributed by atoms with van der Waals surface area (Å²) in [7, 11) is 0. The standard InChI is InChI=1S/C11H12N2O3/c14-6-2-3-8-7-13-9(11(15)16)4-1-5-10(13)12-8/h1,4-5,7,14H,2-3,6H2,(H,15,16). The Labute approximate surface area is 92.0 Å². The number of fused-ring (bicyclic) bond motifs is 1. The number of carboxylic acids is 1. The topological polar surface area (TPSA) is 74.8 Å². The fourth-order valence-electron chi connectivity index (χ4n) is 1.62. The van der Waals surface area contributed by atoms with E-state index in [9.17, 15) is 4.79 Å². The number of aliphatic hydroxyl groups is 1. The first kappa shape index (κ1) is 10.6. The monoisotopic (exact) mass is 220 g/mol. The van der Waals surface area contributed by atoms with Gasteiger partial charge in [0.15, 0.2) is 0 Å². The number of pyridine rings is 1. The van der Waals surface area contributed by atoms with Gasteiger partial charge in [-0.2, -0.15) is 0 Å². The summed E-state index contributed by atoms with van der Waals surface area (Å²) in [5.74, 6) is -0.975. The fourth-order valence-corrected chi connectivity index (χ4v) is 1.62. The maximum absolute atomic E-state index is 10.9. The zero-order valence-electron chi connectivity index (χ0n) is 8.63. The molecular formula is C11H12N2O3. The molecule has 5 heteroatoms. The number of aryl methyl sites for hydroxylation is 1. The quantitative estimate of drug-likeness (QED) is 0.804. The number of hydrogen-bond donors (Lipinski definition) is 2. The summed E-state index contributed by atoms with van der Waals surface area (Å²) < 4.78 is 1.55. The number of hydrogen-bond acceptors (Lipinski definition) is 3. The summed E-state index contributed by atoms with van der Waals surface area (Å²) in [6.45, 7) is 0.111. The van der Waals surface area contributed by atoms with Crippen LogP contribution in [0.1, 0.15) is 22.6 Å². The van der Waals surface area contributed by atoms with Crippen LogP contribution in [0.15, 0.2) is 24.4 Å². The summed E-state index contributed by atoms with van der Waals surface area (Å²) in [5, 5.41) is 17.7. The molecule has 0 bridgehead atoms. The van der Waals surface area contributed by atoms with Gasteiger partial charge in [-0.3, -0.25) is 4.40 Å². The van der Waals surface area contributed by atoms with Gasteiger partial charge in [-0.15, -0.1) is 0 Å². The van der Waals surface area contributed by atoms with Crippen LogP contribution in [0.25, 0.3) is 5.65 Å². The highest BCUT2D eigenvalue weighted by Crippen LogP contribution is 2.10. The molecule has 2 aromatic rings. The number of aliphatic hydroxyl groups excluding tert-OH is 1. The summed E-state index contributed by atoms with van der Waals surface area (Å²) >= 11 is 0. The zero-order valence-corrected chi connectivity index (χ0v) is 8.63. The third kappa shape index (κ3) is 1.90. The first-order valence-electron chi connectivity index (χ1n) is 5.03. The van der Waals surface area contributed by atoms with Gasteiger partial charge in [0, 0.05) is 12.8 Å². The van der Waals surface area contributed by atoms with Crippen LogP contribution in [0.3, 0.4) is 0 Å². The van der Waals surface area contributed by atoms with Crippen LogP contribution in [0.4, 0.5) is 0 Å². The Morgan fingerprint density at radius 1 is 1.44 bits per heavy atom. The minimum Gasteiger partial charge on any atom is -0.477 e. The molecule has 0 atom stereocenters. The molecule has 0 spiro atoms. The normalized spacial score (nSPS) is 10.8. The van der Waals surface area contributed by atoms with Crippen LogP contribution >= 0.6 is 0 Å². The molecule has 5 nitrogen and oxygen atoms in total. The molecule has 2 aromatic heterocycles. The number of imidazole rings is 1. The Hall–Kier alpha value is -1.88. The molecule has 0 fully saturated rings. The highest BCUT2D eigenvalue weighted by Gasteiger charge is 2.09. The molecule has 2 rings (SSSR count). The summed E-state index contributed by atoms with van der Waals surface area (Å²) in [6, 6.07) is 4.96. The first-order valence-corrected chi connectivity index (χ1v) is 5.03. The second-order valence-corrected chi connectivity index (χ2v) is 3.50. The van der Waals surface area contributed by atoms with Gasteiger partial charge in [-0.25, -0.2) is 9.78 Å². The van der Waals surface area contributed by atoms with Gasteiger partial charge in [-0.1, -0.05) is 6.07 Å². The molecule has 0 aromatic carbocycles. The molecule has 0 saturated heterocycles. The van der Waals surface area contributed by atoms with Crippen molar-refractivity contribution in [2.24, 2.45) is 0 Å². The van der Waals surface area contributed by atoms with Gasteiger partial charge < -0.3 is 10.2 Å². The molecule has 2 heterocycles. The van der Waals surface area contributed by atoms with Crippen molar-refractivity contribution >= 4 is 11.6 Å². The molecule has 0 saturated carbocycles. The van der Waals surface area contributed by atoms with Crippen LogP contribution in [-0.2, 0) is 6.42 Å². The van der Waals surface area contributed by atoms with E-state index in [0.29, 0.717) is 18.5 Å². The predicted molar refractivity (Wildman–Crippen MR) is 57.6 cm³/mol. The number of rotatable bonds is 4. The lowest BCUT2D eigenvalue weighted by atomic mass is 10.3. The average molecular weight is 220 g/mol. The Morgan fingerprint density at radius 3 is 2.94 bits per heavy atom. The van der Waals surface area contributed by atoms with Crippen molar-refractivity contribution in [3.63, 3.8) is 0 Å². The van der Waals surface area contributed by atoms with E-state index in [2.05, 4.69) is 4.98 Å². The highest BCUT2D eigenvalue weighted by atomic mass is 16.4. The van der Waals surface area contributed by atoms with Crippen LogP contribution in [0.5, 0.6) is 0 Å². The number of nitrogens with zero attached hydrogens (tertiary/aromatic N) is 2. The molecule has 16 heavy (non-hydrogen) atoms. The number of carbonyl (C=O) groups is 1. The van der Waals surface area contributed by atoms with Crippen molar-refractivity contribution in [3.8, 4) is 0 Å². The molecular weight excluding hydrogens is 208 g/mol. The van der Waals surface area contributed by atoms with Gasteiger partial charge in [0.1, 0.15) is 11.3 Å². The van der Waals surface area contributed by atoms with Gasteiger partial charge >= 0.3 is 5.97 Å². The molecule has 0 aliphatic carbocycles. The zero-order chi connectivity index (χ0) is 11.5. The summed E-state index contributed by atoms with van der Waals surface area (Å²) in [6.07, 6.45) is 2.98. The van der Waals surface area contributed by atoms with Crippen molar-refractivity contribution in [2.75, 3.05) is 6.61 Å². The minimum atomic E-state index is -0.975. The van der Waals surface area contributed by atoms with E-state index in [-0.39, 0.29) is 12.3 Å². The fraction of sp³-hybridized carbons (Fsp3) is 0.273. The molecule has 0 aliphatic heterocycles. The Balaban J connectivity index is 2.44. The van der Waals surface area contributed by atoms with Crippen molar-refractivity contribution in [2.45, 2.75) is 12.8 Å². The third-order valence-corrected chi connectivity index (χ3v) is 2.35. The van der Waals surface area contributed by atoms with Gasteiger partial charge in [0.25, 0.3) is 0 Å². The lowest BCUT2D eigenvalue weighted by Crippen LogP contribution is -2.03. The van der Waals surface area contributed by atoms with Crippen molar-refractivity contribution in [1.82, 2.24) is 9.38 Å². The van der Waals surface area contributed by atoms with E-state index in [1.807, 2.05) is 0 Å². The number of carboxylic acid groups (broad SMARTS) is 1. The van der Waals surface area contributed by atoms with Crippen molar-refractivity contribution in [1.29, 1.82) is 0 Å². The van der Waals surface area contributed by atoms with E-state index in [0.717, 1.165) is 5.69 Å². The molecule has 0 radical (unpaired) electrons. The van der Waals surface area contributed by atoms with Crippen LogP contribution in [0.2, 0.25) is 0 Å². The molecule has 0 aliphatic rings. The number of aromatic carboxylic acids is 1. The number of aromatic nitrogens is 2. The maximum atomic E-state index is 10.9. The van der Waals surface area contributed by atoms with Crippen molar-refractivity contribution < 1.29 is 15.0 Å². The molecule has 0 unspecified atom stereocenters. The van der Waals surface area contributed by atoms with Gasteiger partial charge in [0.05, 0.1) is 5.69 Å². The first-order chi connectivity index (χ1) is 7.72. The summed E-state index contributed by atoms with van der Waals surface area (Å²) in [5.41, 5.74) is 1.61. The SMILES string of the molecule is O=C(O)c1cccc2nc(CCCO)cn12. The third-order valence-electron chi connectivity index (χ3n) is 2.35. The lowest BCUT2D eigenvalue weighted by Gasteiger charge is -1.97. The van der Waals surface area contributed by atoms with E-state index in [1.54, 1.807) is 22.7 Å². The highest BCUT2D eigenvalue weighted by molar-refractivity contribution is 5.86. The Kier molecular flexibility index (Phi) is 2.87. The average Bonchev–Trinajstić information content (AvgIpc) is 2.68. The van der Waals surface area contributed by atoms with Gasteiger partial charge in [0.2, 0.25) is 0 Å². The van der Waals surface area contributed by atoms with Crippen molar-refractivity contribution in [3.05, 3.63) is 35.8 Å². The van der Waals surface area contributed by atoms with Crippen LogP contribution < -0.4 is 0 Å². The van der Waals surface area contributed by atoms with Crippen LogP contribution in [0, 0.1) is 0 Å². The molecule has 2 N–H and O–H groups in total. The Bertz CT molecular complexity index is 519. The Morgan fingerprint density at radius 2 is 2.25 bits per heavy atom. The molecule has 84 valence electrons. The van der Waals surface area contributed by atoms with Crippen LogP contribution in [-0.4, -0.2) is 32.2 Å². The lowest BCUT2D eigenvalue weighted by molar-refractivity contribution is 0.0689. The summed E-state index contributed by atoms with van der Waals surface area (Å²) in [4.78, 5) is 15.2. The second kappa shape index (κ2) is 4.32. The van der Waals surface area contributed by atoms with E-state index in [4.69, 9.17) is 10.2 Å². The van der Waals surface area contributed by atoms with E-state index >= 15 is 0 Å². The second-order valence-electron chi connectivity index (χ2n) is 3.50. The maximum Gasteiger partial charge on any atom is 0.352 e. The molecule has 0 amide bonds. The van der Waals surface area contributed by atoms with E-state index < -0.39 is 5.97 Å². The van der Waals surface area contributed by atoms with E-state index in [1.165, 1.54) is 6.07 Å². The minimum absolute atomic E-state index is 0.111.